The molecule has 0 N–H and O–H groups in total. The van der Waals surface area contributed by atoms with Gasteiger partial charge in [-0.25, -0.2) is 0 Å². The first kappa shape index (κ1) is 18.1. The van der Waals surface area contributed by atoms with Crippen molar-refractivity contribution in [2.75, 3.05) is 0 Å². The average molecular weight is 413 g/mol. The van der Waals surface area contributed by atoms with E-state index in [4.69, 9.17) is 4.74 Å². The zero-order valence-electron chi connectivity index (χ0n) is 16.1. The van der Waals surface area contributed by atoms with Crippen LogP contribution in [-0.4, -0.2) is 0 Å². The zero-order valence-corrected chi connectivity index (χ0v) is 17.7. The highest BCUT2D eigenvalue weighted by Gasteiger charge is 2.49. The Morgan fingerprint density at radius 3 is 2.62 bits per heavy atom. The Kier molecular flexibility index (Phi) is 4.67. The number of halogens is 1. The van der Waals surface area contributed by atoms with Crippen molar-refractivity contribution in [3.8, 4) is 5.75 Å². The number of ether oxygens (including phenoxy) is 1. The highest BCUT2D eigenvalue weighted by molar-refractivity contribution is 9.10. The van der Waals surface area contributed by atoms with Gasteiger partial charge >= 0.3 is 0 Å². The largest absolute Gasteiger partial charge is 0.488 e. The molecule has 1 nitrogen and oxygen atoms in total. The average Bonchev–Trinajstić information content (AvgIpc) is 2.60. The summed E-state index contributed by atoms with van der Waals surface area (Å²) in [5, 5.41) is 0. The first-order valence-electron chi connectivity index (χ1n) is 9.90. The van der Waals surface area contributed by atoms with Crippen LogP contribution in [0.2, 0.25) is 0 Å². The molecule has 2 aromatic rings. The summed E-state index contributed by atoms with van der Waals surface area (Å²) < 4.78 is 7.31. The maximum absolute atomic E-state index is 6.22. The number of fused-ring (bicyclic) bond motifs is 3. The third kappa shape index (κ3) is 3.11. The zero-order chi connectivity index (χ0) is 18.4. The first-order valence-corrected chi connectivity index (χ1v) is 10.7. The molecule has 0 aliphatic heterocycles. The molecular formula is C24H29BrO. The standard InChI is InChI=1S/C24H29BrO/c1-23(2)12-7-13-24(3)19-15-21(26-16-17-8-5-4-6-9-17)20(25)14-18(19)10-11-22(23)24/h4-6,8-9,14-15,22H,7,10-13,16H2,1-3H3/t22-,24+/m0/s1. The number of hydrogen-bond acceptors (Lipinski definition) is 1. The van der Waals surface area contributed by atoms with E-state index in [9.17, 15) is 0 Å². The molecular weight excluding hydrogens is 384 g/mol. The molecule has 2 aliphatic rings. The van der Waals surface area contributed by atoms with Gasteiger partial charge in [0, 0.05) is 0 Å². The van der Waals surface area contributed by atoms with Gasteiger partial charge in [0.15, 0.2) is 0 Å². The quantitative estimate of drug-likeness (QED) is 0.524. The highest BCUT2D eigenvalue weighted by Crippen LogP contribution is 2.57. The van der Waals surface area contributed by atoms with Crippen LogP contribution in [0.4, 0.5) is 0 Å². The van der Waals surface area contributed by atoms with E-state index in [1.54, 1.807) is 0 Å². The molecule has 1 saturated carbocycles. The summed E-state index contributed by atoms with van der Waals surface area (Å²) in [6.07, 6.45) is 6.49. The van der Waals surface area contributed by atoms with E-state index < -0.39 is 0 Å². The molecule has 138 valence electrons. The van der Waals surface area contributed by atoms with Crippen LogP contribution in [0.1, 0.15) is 63.1 Å². The maximum Gasteiger partial charge on any atom is 0.134 e. The maximum atomic E-state index is 6.22. The van der Waals surface area contributed by atoms with Crippen molar-refractivity contribution in [3.63, 3.8) is 0 Å². The van der Waals surface area contributed by atoms with Gasteiger partial charge in [-0.3, -0.25) is 0 Å². The van der Waals surface area contributed by atoms with E-state index >= 15 is 0 Å². The Bertz CT molecular complexity index is 795. The van der Waals surface area contributed by atoms with Gasteiger partial charge < -0.3 is 4.74 Å². The van der Waals surface area contributed by atoms with Crippen molar-refractivity contribution in [2.24, 2.45) is 11.3 Å². The van der Waals surface area contributed by atoms with Gasteiger partial charge in [0.2, 0.25) is 0 Å². The predicted octanol–water partition coefficient (Wildman–Crippen LogP) is 7.06. The number of benzene rings is 2. The van der Waals surface area contributed by atoms with Gasteiger partial charge in [0.05, 0.1) is 4.47 Å². The topological polar surface area (TPSA) is 9.23 Å². The van der Waals surface area contributed by atoms with Crippen LogP contribution in [-0.2, 0) is 18.4 Å². The molecule has 0 heterocycles. The van der Waals surface area contributed by atoms with Crippen LogP contribution in [0.25, 0.3) is 0 Å². The van der Waals surface area contributed by atoms with E-state index in [2.05, 4.69) is 73.1 Å². The molecule has 0 spiro atoms. The van der Waals surface area contributed by atoms with Gasteiger partial charge in [0.25, 0.3) is 0 Å². The molecule has 0 saturated heterocycles. The van der Waals surface area contributed by atoms with Gasteiger partial charge in [-0.05, 0) is 87.2 Å². The van der Waals surface area contributed by atoms with E-state index in [-0.39, 0.29) is 5.41 Å². The van der Waals surface area contributed by atoms with E-state index in [1.165, 1.54) is 48.8 Å². The van der Waals surface area contributed by atoms with Crippen molar-refractivity contribution in [3.05, 3.63) is 63.6 Å². The second-order valence-corrected chi connectivity index (χ2v) is 9.92. The highest BCUT2D eigenvalue weighted by atomic mass is 79.9. The minimum absolute atomic E-state index is 0.279. The van der Waals surface area contributed by atoms with Crippen molar-refractivity contribution >= 4 is 15.9 Å². The smallest absolute Gasteiger partial charge is 0.134 e. The van der Waals surface area contributed by atoms with Crippen molar-refractivity contribution < 1.29 is 4.74 Å². The van der Waals surface area contributed by atoms with Crippen LogP contribution in [0.5, 0.6) is 5.75 Å². The summed E-state index contributed by atoms with van der Waals surface area (Å²) in [6.45, 7) is 8.08. The van der Waals surface area contributed by atoms with Crippen LogP contribution in [0.3, 0.4) is 0 Å². The summed E-state index contributed by atoms with van der Waals surface area (Å²) >= 11 is 3.75. The number of hydrogen-bond donors (Lipinski definition) is 0. The second-order valence-electron chi connectivity index (χ2n) is 9.06. The molecule has 2 aliphatic carbocycles. The van der Waals surface area contributed by atoms with Crippen LogP contribution in [0, 0.1) is 11.3 Å². The van der Waals surface area contributed by atoms with Gasteiger partial charge in [-0.2, -0.15) is 0 Å². The molecule has 1 fully saturated rings. The summed E-state index contributed by atoms with van der Waals surface area (Å²) in [4.78, 5) is 0. The first-order chi connectivity index (χ1) is 12.4. The van der Waals surface area contributed by atoms with Crippen molar-refractivity contribution in [1.82, 2.24) is 0 Å². The summed E-state index contributed by atoms with van der Waals surface area (Å²) in [5.74, 6) is 1.75. The Morgan fingerprint density at radius 2 is 1.85 bits per heavy atom. The molecule has 0 unspecified atom stereocenters. The second kappa shape index (κ2) is 6.71. The summed E-state index contributed by atoms with van der Waals surface area (Å²) in [6, 6.07) is 15.1. The van der Waals surface area contributed by atoms with Gasteiger partial charge in [-0.15, -0.1) is 0 Å². The molecule has 2 aromatic carbocycles. The van der Waals surface area contributed by atoms with Crippen LogP contribution >= 0.6 is 15.9 Å². The predicted molar refractivity (Wildman–Crippen MR) is 112 cm³/mol. The van der Waals surface area contributed by atoms with E-state index in [0.29, 0.717) is 12.0 Å². The SMILES string of the molecule is CC1(C)CCC[C@]2(C)c3cc(OCc4ccccc4)c(Br)cc3CC[C@@H]12. The summed E-state index contributed by atoms with van der Waals surface area (Å²) in [5.41, 5.74) is 4.97. The molecule has 26 heavy (non-hydrogen) atoms. The molecule has 0 aromatic heterocycles. The molecule has 0 amide bonds. The molecule has 4 rings (SSSR count). The lowest BCUT2D eigenvalue weighted by Gasteiger charge is -2.54. The fraction of sp³-hybridized carbons (Fsp3) is 0.500. The van der Waals surface area contributed by atoms with Crippen LogP contribution < -0.4 is 4.74 Å². The van der Waals surface area contributed by atoms with Crippen molar-refractivity contribution in [2.45, 2.75) is 64.9 Å². The molecule has 2 atom stereocenters. The third-order valence-corrected chi connectivity index (χ3v) is 7.56. The van der Waals surface area contributed by atoms with Crippen molar-refractivity contribution in [1.29, 1.82) is 0 Å². The van der Waals surface area contributed by atoms with E-state index in [1.807, 2.05) is 6.07 Å². The lowest BCUT2D eigenvalue weighted by molar-refractivity contribution is 0.0405. The minimum Gasteiger partial charge on any atom is -0.488 e. The number of aryl methyl sites for hydroxylation is 1. The van der Waals surface area contributed by atoms with Gasteiger partial charge in [0.1, 0.15) is 12.4 Å². The Morgan fingerprint density at radius 1 is 1.08 bits per heavy atom. The minimum atomic E-state index is 0.279. The van der Waals surface area contributed by atoms with Crippen LogP contribution in [0.15, 0.2) is 46.9 Å². The Hall–Kier alpha value is -1.28. The Balaban J connectivity index is 1.67. The fourth-order valence-corrected chi connectivity index (χ4v) is 6.14. The number of rotatable bonds is 3. The lowest BCUT2D eigenvalue weighted by Crippen LogP contribution is -2.47. The van der Waals surface area contributed by atoms with E-state index in [0.717, 1.165) is 16.1 Å². The summed E-state index contributed by atoms with van der Waals surface area (Å²) in [7, 11) is 0. The normalized spacial score (nSPS) is 26.7. The molecule has 2 heteroatoms. The fourth-order valence-electron chi connectivity index (χ4n) is 5.63. The van der Waals surface area contributed by atoms with Gasteiger partial charge in [-0.1, -0.05) is 57.5 Å². The Labute approximate surface area is 166 Å². The monoisotopic (exact) mass is 412 g/mol. The molecule has 0 radical (unpaired) electrons. The lowest BCUT2D eigenvalue weighted by atomic mass is 9.50. The third-order valence-electron chi connectivity index (χ3n) is 6.94. The molecule has 0 bridgehead atoms.